The van der Waals surface area contributed by atoms with Crippen LogP contribution in [0.15, 0.2) is 0 Å². The van der Waals surface area contributed by atoms with Gasteiger partial charge in [-0.25, -0.2) is 0 Å². The van der Waals surface area contributed by atoms with Gasteiger partial charge >= 0.3 is 0 Å². The first-order valence-electron chi connectivity index (χ1n) is 4.67. The Labute approximate surface area is 85.3 Å². The molecule has 3 nitrogen and oxygen atoms in total. The van der Waals surface area contributed by atoms with Crippen LogP contribution < -0.4 is 10.6 Å². The van der Waals surface area contributed by atoms with Gasteiger partial charge in [0.15, 0.2) is 0 Å². The Kier molecular flexibility index (Phi) is 3.55. The molecule has 74 valence electrons. The highest BCUT2D eigenvalue weighted by molar-refractivity contribution is 5.85. The summed E-state index contributed by atoms with van der Waals surface area (Å²) in [6.45, 7) is 3.05. The summed E-state index contributed by atoms with van der Waals surface area (Å²) in [6.07, 6.45) is 3.40. The molecule has 1 heterocycles. The summed E-state index contributed by atoms with van der Waals surface area (Å²) < 4.78 is 0. The van der Waals surface area contributed by atoms with Crippen LogP contribution in [0.2, 0.25) is 0 Å². The Morgan fingerprint density at radius 2 is 2.15 bits per heavy atom. The molecule has 0 radical (unpaired) electrons. The topological polar surface area (TPSA) is 47.9 Å². The second kappa shape index (κ2) is 4.28. The molecule has 1 saturated heterocycles. The van der Waals surface area contributed by atoms with Gasteiger partial charge in [0.1, 0.15) is 0 Å². The second-order valence-corrected chi connectivity index (χ2v) is 4.04. The smallest absolute Gasteiger partial charge is 0.0642 e. The van der Waals surface area contributed by atoms with Crippen molar-refractivity contribution < 1.29 is 0 Å². The lowest BCUT2D eigenvalue weighted by atomic mass is 9.89. The monoisotopic (exact) mass is 201 g/mol. The minimum atomic E-state index is 0. The SMILES string of the molecule is Cl.N#CCC1(NCC2CC2)CNC1. The van der Waals surface area contributed by atoms with Crippen LogP contribution in [0.25, 0.3) is 0 Å². The van der Waals surface area contributed by atoms with E-state index < -0.39 is 0 Å². The third-order valence-electron chi connectivity index (χ3n) is 2.81. The average Bonchev–Trinajstić information content (AvgIpc) is 2.77. The highest BCUT2D eigenvalue weighted by Crippen LogP contribution is 2.29. The first kappa shape index (κ1) is 10.8. The molecule has 0 atom stereocenters. The van der Waals surface area contributed by atoms with E-state index in [0.717, 1.165) is 25.6 Å². The van der Waals surface area contributed by atoms with Crippen molar-refractivity contribution in [2.24, 2.45) is 5.92 Å². The zero-order valence-corrected chi connectivity index (χ0v) is 8.49. The van der Waals surface area contributed by atoms with Crippen LogP contribution in [-0.4, -0.2) is 25.2 Å². The normalized spacial score (nSPS) is 23.9. The van der Waals surface area contributed by atoms with Crippen LogP contribution in [0.3, 0.4) is 0 Å². The van der Waals surface area contributed by atoms with E-state index in [1.54, 1.807) is 0 Å². The van der Waals surface area contributed by atoms with E-state index >= 15 is 0 Å². The number of nitrogens with one attached hydrogen (secondary N) is 2. The number of hydrogen-bond acceptors (Lipinski definition) is 3. The van der Waals surface area contributed by atoms with E-state index in [0.29, 0.717) is 6.42 Å². The summed E-state index contributed by atoms with van der Waals surface area (Å²) in [6, 6.07) is 2.25. The minimum Gasteiger partial charge on any atom is -0.313 e. The largest absolute Gasteiger partial charge is 0.313 e. The van der Waals surface area contributed by atoms with Gasteiger partial charge in [0.25, 0.3) is 0 Å². The van der Waals surface area contributed by atoms with Gasteiger partial charge in [-0.15, -0.1) is 12.4 Å². The molecule has 1 aliphatic heterocycles. The third kappa shape index (κ3) is 2.57. The Morgan fingerprint density at radius 3 is 2.54 bits per heavy atom. The molecule has 13 heavy (non-hydrogen) atoms. The Bertz CT molecular complexity index is 203. The molecular weight excluding hydrogens is 186 g/mol. The molecule has 2 rings (SSSR count). The van der Waals surface area contributed by atoms with Crippen molar-refractivity contribution in [2.75, 3.05) is 19.6 Å². The lowest BCUT2D eigenvalue weighted by molar-refractivity contribution is 0.217. The molecule has 0 aromatic heterocycles. The van der Waals surface area contributed by atoms with Crippen molar-refractivity contribution in [1.29, 1.82) is 5.26 Å². The molecule has 0 spiro atoms. The van der Waals surface area contributed by atoms with Crippen molar-refractivity contribution >= 4 is 12.4 Å². The molecule has 1 aliphatic carbocycles. The van der Waals surface area contributed by atoms with Crippen LogP contribution in [0, 0.1) is 17.2 Å². The summed E-state index contributed by atoms with van der Waals surface area (Å²) in [5.41, 5.74) is 0.122. The number of rotatable bonds is 4. The molecule has 2 fully saturated rings. The Morgan fingerprint density at radius 1 is 1.46 bits per heavy atom. The fourth-order valence-electron chi connectivity index (χ4n) is 1.57. The fraction of sp³-hybridized carbons (Fsp3) is 0.889. The van der Waals surface area contributed by atoms with E-state index in [9.17, 15) is 0 Å². The second-order valence-electron chi connectivity index (χ2n) is 4.04. The molecule has 0 unspecified atom stereocenters. The molecule has 2 aliphatic rings. The predicted octanol–water partition coefficient (Wildman–Crippen LogP) is 0.663. The van der Waals surface area contributed by atoms with Crippen molar-refractivity contribution in [3.63, 3.8) is 0 Å². The fourth-order valence-corrected chi connectivity index (χ4v) is 1.57. The Hall–Kier alpha value is -0.300. The van der Waals surface area contributed by atoms with Crippen LogP contribution in [0.4, 0.5) is 0 Å². The average molecular weight is 202 g/mol. The zero-order valence-electron chi connectivity index (χ0n) is 7.68. The van der Waals surface area contributed by atoms with E-state index in [-0.39, 0.29) is 17.9 Å². The maximum atomic E-state index is 8.63. The molecule has 4 heteroatoms. The molecular formula is C9H16ClN3. The number of nitriles is 1. The summed E-state index contributed by atoms with van der Waals surface area (Å²) >= 11 is 0. The van der Waals surface area contributed by atoms with Gasteiger partial charge in [-0.05, 0) is 25.3 Å². The van der Waals surface area contributed by atoms with Gasteiger partial charge in [0, 0.05) is 13.1 Å². The van der Waals surface area contributed by atoms with Crippen LogP contribution in [0.5, 0.6) is 0 Å². The van der Waals surface area contributed by atoms with E-state index in [1.807, 2.05) is 0 Å². The highest BCUT2D eigenvalue weighted by Gasteiger charge is 2.37. The highest BCUT2D eigenvalue weighted by atomic mass is 35.5. The summed E-state index contributed by atoms with van der Waals surface area (Å²) in [7, 11) is 0. The van der Waals surface area contributed by atoms with Gasteiger partial charge in [0.2, 0.25) is 0 Å². The zero-order chi connectivity index (χ0) is 8.44. The van der Waals surface area contributed by atoms with E-state index in [2.05, 4.69) is 16.7 Å². The summed E-state index contributed by atoms with van der Waals surface area (Å²) in [5, 5.41) is 15.4. The number of halogens is 1. The molecule has 1 saturated carbocycles. The summed E-state index contributed by atoms with van der Waals surface area (Å²) in [4.78, 5) is 0. The van der Waals surface area contributed by atoms with E-state index in [1.165, 1.54) is 12.8 Å². The first-order valence-corrected chi connectivity index (χ1v) is 4.67. The minimum absolute atomic E-state index is 0. The Balaban J connectivity index is 0.000000845. The van der Waals surface area contributed by atoms with Gasteiger partial charge in [-0.3, -0.25) is 0 Å². The number of hydrogen-bond donors (Lipinski definition) is 2. The van der Waals surface area contributed by atoms with Crippen molar-refractivity contribution in [3.8, 4) is 6.07 Å². The van der Waals surface area contributed by atoms with Gasteiger partial charge in [-0.2, -0.15) is 5.26 Å². The number of nitrogens with zero attached hydrogens (tertiary/aromatic N) is 1. The van der Waals surface area contributed by atoms with Crippen LogP contribution >= 0.6 is 12.4 Å². The van der Waals surface area contributed by atoms with Gasteiger partial charge in [0.05, 0.1) is 18.0 Å². The third-order valence-corrected chi connectivity index (χ3v) is 2.81. The maximum Gasteiger partial charge on any atom is 0.0642 e. The van der Waals surface area contributed by atoms with Crippen LogP contribution in [-0.2, 0) is 0 Å². The quantitative estimate of drug-likeness (QED) is 0.703. The van der Waals surface area contributed by atoms with Crippen molar-refractivity contribution in [1.82, 2.24) is 10.6 Å². The van der Waals surface area contributed by atoms with Gasteiger partial charge in [-0.1, -0.05) is 0 Å². The molecule has 0 bridgehead atoms. The molecule has 0 amide bonds. The van der Waals surface area contributed by atoms with E-state index in [4.69, 9.17) is 5.26 Å². The van der Waals surface area contributed by atoms with Gasteiger partial charge < -0.3 is 10.6 Å². The van der Waals surface area contributed by atoms with Crippen LogP contribution in [0.1, 0.15) is 19.3 Å². The molecule has 0 aromatic rings. The lowest BCUT2D eigenvalue weighted by Crippen LogP contribution is -2.67. The van der Waals surface area contributed by atoms with Crippen molar-refractivity contribution in [2.45, 2.75) is 24.8 Å². The lowest BCUT2D eigenvalue weighted by Gasteiger charge is -2.42. The summed E-state index contributed by atoms with van der Waals surface area (Å²) in [5.74, 6) is 0.904. The predicted molar refractivity (Wildman–Crippen MR) is 53.8 cm³/mol. The first-order chi connectivity index (χ1) is 5.85. The standard InChI is InChI=1S/C9H15N3.ClH/c10-4-3-9(6-11-7-9)12-5-8-1-2-8;/h8,11-12H,1-3,5-7H2;1H. The molecule has 0 aromatic carbocycles. The molecule has 2 N–H and O–H groups in total. The maximum absolute atomic E-state index is 8.63. The van der Waals surface area contributed by atoms with Crippen molar-refractivity contribution in [3.05, 3.63) is 0 Å².